The van der Waals surface area contributed by atoms with Crippen LogP contribution in [0.2, 0.25) is 0 Å². The second-order valence-electron chi connectivity index (χ2n) is 6.15. The molecule has 1 heterocycles. The second-order valence-corrected chi connectivity index (χ2v) is 7.71. The fourth-order valence-corrected chi connectivity index (χ4v) is 3.36. The quantitative estimate of drug-likeness (QED) is 0.734. The van der Waals surface area contributed by atoms with E-state index in [-0.39, 0.29) is 16.0 Å². The minimum Gasteiger partial charge on any atom is -0.348 e. The standard InChI is InChI=1S/C18H17N3O5S/c1-11(12-6-8-13(9-7-12)27(19,25)26)20-16(22)10-21-17(23)14-4-2-3-5-15(14)18(21)24/h2-9,11H,10H2,1H3,(H,20,22)(H2,19,25,26)/t11-/m0/s1. The normalized spacial score (nSPS) is 14.8. The number of carbonyl (C=O) groups is 3. The van der Waals surface area contributed by atoms with Crippen molar-refractivity contribution >= 4 is 27.7 Å². The lowest BCUT2D eigenvalue weighted by Gasteiger charge is -2.18. The summed E-state index contributed by atoms with van der Waals surface area (Å²) in [6.45, 7) is 1.30. The van der Waals surface area contributed by atoms with Gasteiger partial charge in [-0.05, 0) is 36.8 Å². The molecule has 3 N–H and O–H groups in total. The van der Waals surface area contributed by atoms with Gasteiger partial charge in [-0.1, -0.05) is 24.3 Å². The van der Waals surface area contributed by atoms with Crippen molar-refractivity contribution in [3.8, 4) is 0 Å². The summed E-state index contributed by atoms with van der Waals surface area (Å²) >= 11 is 0. The molecule has 0 radical (unpaired) electrons. The Balaban J connectivity index is 1.66. The number of nitrogens with zero attached hydrogens (tertiary/aromatic N) is 1. The van der Waals surface area contributed by atoms with Crippen molar-refractivity contribution in [1.29, 1.82) is 0 Å². The molecule has 0 saturated heterocycles. The molecule has 3 amide bonds. The fraction of sp³-hybridized carbons (Fsp3) is 0.167. The monoisotopic (exact) mass is 387 g/mol. The van der Waals surface area contributed by atoms with E-state index in [1.54, 1.807) is 31.2 Å². The first-order valence-corrected chi connectivity index (χ1v) is 9.60. The van der Waals surface area contributed by atoms with Gasteiger partial charge in [-0.15, -0.1) is 0 Å². The molecule has 2 aromatic rings. The summed E-state index contributed by atoms with van der Waals surface area (Å²) in [5, 5.41) is 7.73. The number of nitrogens with one attached hydrogen (secondary N) is 1. The zero-order valence-corrected chi connectivity index (χ0v) is 15.2. The first-order valence-electron chi connectivity index (χ1n) is 8.06. The molecule has 0 aromatic heterocycles. The highest BCUT2D eigenvalue weighted by molar-refractivity contribution is 7.89. The van der Waals surface area contributed by atoms with E-state index in [0.717, 1.165) is 4.90 Å². The van der Waals surface area contributed by atoms with E-state index >= 15 is 0 Å². The third-order valence-electron chi connectivity index (χ3n) is 4.27. The number of hydrogen-bond donors (Lipinski definition) is 2. The maximum absolute atomic E-state index is 12.3. The largest absolute Gasteiger partial charge is 0.348 e. The number of hydrogen-bond acceptors (Lipinski definition) is 5. The number of nitrogens with two attached hydrogens (primary N) is 1. The van der Waals surface area contributed by atoms with Crippen LogP contribution in [0.25, 0.3) is 0 Å². The highest BCUT2D eigenvalue weighted by atomic mass is 32.2. The Morgan fingerprint density at radius 2 is 1.56 bits per heavy atom. The number of amides is 3. The lowest BCUT2D eigenvalue weighted by molar-refractivity contribution is -0.122. The zero-order valence-electron chi connectivity index (χ0n) is 14.4. The zero-order chi connectivity index (χ0) is 19.8. The maximum atomic E-state index is 12.3. The van der Waals surface area contributed by atoms with Gasteiger partial charge in [0.05, 0.1) is 22.1 Å². The minimum absolute atomic E-state index is 0.0317. The molecule has 0 fully saturated rings. The highest BCUT2D eigenvalue weighted by Gasteiger charge is 2.36. The lowest BCUT2D eigenvalue weighted by Crippen LogP contribution is -2.41. The molecule has 140 valence electrons. The van der Waals surface area contributed by atoms with Crippen LogP contribution in [0.5, 0.6) is 0 Å². The molecule has 3 rings (SSSR count). The topological polar surface area (TPSA) is 127 Å². The Labute approximate surface area is 156 Å². The molecule has 0 saturated carbocycles. The van der Waals surface area contributed by atoms with Crippen molar-refractivity contribution in [3.05, 3.63) is 65.2 Å². The predicted molar refractivity (Wildman–Crippen MR) is 96.2 cm³/mol. The molecule has 1 atom stereocenters. The van der Waals surface area contributed by atoms with Crippen LogP contribution in [0.4, 0.5) is 0 Å². The van der Waals surface area contributed by atoms with E-state index < -0.39 is 40.3 Å². The van der Waals surface area contributed by atoms with Gasteiger partial charge in [0.1, 0.15) is 6.54 Å². The molecule has 2 aromatic carbocycles. The Morgan fingerprint density at radius 3 is 2.04 bits per heavy atom. The van der Waals surface area contributed by atoms with Crippen molar-refractivity contribution in [1.82, 2.24) is 10.2 Å². The lowest BCUT2D eigenvalue weighted by atomic mass is 10.1. The van der Waals surface area contributed by atoms with Gasteiger partial charge >= 0.3 is 0 Å². The van der Waals surface area contributed by atoms with Gasteiger partial charge in [0.2, 0.25) is 15.9 Å². The van der Waals surface area contributed by atoms with Crippen molar-refractivity contribution in [3.63, 3.8) is 0 Å². The van der Waals surface area contributed by atoms with Crippen LogP contribution in [0.3, 0.4) is 0 Å². The summed E-state index contributed by atoms with van der Waals surface area (Å²) in [6.07, 6.45) is 0. The molecule has 8 nitrogen and oxygen atoms in total. The fourth-order valence-electron chi connectivity index (χ4n) is 2.84. The Kier molecular flexibility index (Phi) is 4.81. The molecule has 0 unspecified atom stereocenters. The highest BCUT2D eigenvalue weighted by Crippen LogP contribution is 2.22. The number of primary sulfonamides is 1. The molecule has 27 heavy (non-hydrogen) atoms. The van der Waals surface area contributed by atoms with E-state index in [9.17, 15) is 22.8 Å². The maximum Gasteiger partial charge on any atom is 0.262 e. The van der Waals surface area contributed by atoms with E-state index in [2.05, 4.69) is 5.32 Å². The molecule has 1 aliphatic rings. The third kappa shape index (κ3) is 3.74. The van der Waals surface area contributed by atoms with Gasteiger partial charge in [0.25, 0.3) is 11.8 Å². The Morgan fingerprint density at radius 1 is 1.04 bits per heavy atom. The van der Waals surface area contributed by atoms with Gasteiger partial charge in [0.15, 0.2) is 0 Å². The summed E-state index contributed by atoms with van der Waals surface area (Å²) in [5.74, 6) is -1.51. The first-order chi connectivity index (χ1) is 12.7. The van der Waals surface area contributed by atoms with Crippen LogP contribution in [-0.2, 0) is 14.8 Å². The summed E-state index contributed by atoms with van der Waals surface area (Å²) in [7, 11) is -3.79. The van der Waals surface area contributed by atoms with Crippen LogP contribution in [0.1, 0.15) is 39.2 Å². The SMILES string of the molecule is C[C@H](NC(=O)CN1C(=O)c2ccccc2C1=O)c1ccc(S(N)(=O)=O)cc1. The molecule has 1 aliphatic heterocycles. The molecular weight excluding hydrogens is 370 g/mol. The van der Waals surface area contributed by atoms with Crippen LogP contribution in [0.15, 0.2) is 53.4 Å². The third-order valence-corrected chi connectivity index (χ3v) is 5.20. The molecule has 0 aliphatic carbocycles. The van der Waals surface area contributed by atoms with E-state index in [0.29, 0.717) is 5.56 Å². The Hall–Kier alpha value is -3.04. The van der Waals surface area contributed by atoms with E-state index in [4.69, 9.17) is 5.14 Å². The minimum atomic E-state index is -3.79. The second kappa shape index (κ2) is 6.93. The number of fused-ring (bicyclic) bond motifs is 1. The van der Waals surface area contributed by atoms with Crippen LogP contribution < -0.4 is 10.5 Å². The van der Waals surface area contributed by atoms with Gasteiger partial charge in [-0.25, -0.2) is 13.6 Å². The van der Waals surface area contributed by atoms with Crippen LogP contribution >= 0.6 is 0 Å². The summed E-state index contributed by atoms with van der Waals surface area (Å²) in [4.78, 5) is 37.7. The first kappa shape index (κ1) is 18.7. The Bertz CT molecular complexity index is 996. The van der Waals surface area contributed by atoms with E-state index in [1.165, 1.54) is 24.3 Å². The van der Waals surface area contributed by atoms with Gasteiger partial charge < -0.3 is 5.32 Å². The average Bonchev–Trinajstić information content (AvgIpc) is 2.86. The predicted octanol–water partition coefficient (Wildman–Crippen LogP) is 0.807. The number of sulfonamides is 1. The van der Waals surface area contributed by atoms with Crippen molar-refractivity contribution in [2.45, 2.75) is 17.9 Å². The number of carbonyl (C=O) groups excluding carboxylic acids is 3. The molecular formula is C18H17N3O5S. The molecule has 0 spiro atoms. The van der Waals surface area contributed by atoms with Gasteiger partial charge in [-0.2, -0.15) is 0 Å². The van der Waals surface area contributed by atoms with Crippen molar-refractivity contribution in [2.24, 2.45) is 5.14 Å². The van der Waals surface area contributed by atoms with Gasteiger partial charge in [0, 0.05) is 0 Å². The molecule has 0 bridgehead atoms. The summed E-state index contributed by atoms with van der Waals surface area (Å²) in [6, 6.07) is 11.7. The smallest absolute Gasteiger partial charge is 0.262 e. The number of imide groups is 1. The van der Waals surface area contributed by atoms with Crippen molar-refractivity contribution in [2.75, 3.05) is 6.54 Å². The van der Waals surface area contributed by atoms with Gasteiger partial charge in [-0.3, -0.25) is 19.3 Å². The van der Waals surface area contributed by atoms with E-state index in [1.807, 2.05) is 0 Å². The summed E-state index contributed by atoms with van der Waals surface area (Å²) < 4.78 is 22.6. The number of rotatable bonds is 5. The van der Waals surface area contributed by atoms with Crippen LogP contribution in [0, 0.1) is 0 Å². The molecule has 9 heteroatoms. The van der Waals surface area contributed by atoms with Crippen molar-refractivity contribution < 1.29 is 22.8 Å². The summed E-state index contributed by atoms with van der Waals surface area (Å²) in [5.41, 5.74) is 1.21. The van der Waals surface area contributed by atoms with Crippen LogP contribution in [-0.4, -0.2) is 37.6 Å². The average molecular weight is 387 g/mol. The number of benzene rings is 2.